The van der Waals surface area contributed by atoms with Crippen LogP contribution in [0.1, 0.15) is 61.2 Å². The molecule has 0 spiro atoms. The summed E-state index contributed by atoms with van der Waals surface area (Å²) in [7, 11) is 1.41. The van der Waals surface area contributed by atoms with Gasteiger partial charge in [-0.2, -0.15) is 0 Å². The molecule has 2 rings (SSSR count). The molecule has 0 saturated carbocycles. The Kier molecular flexibility index (Phi) is 7.21. The zero-order valence-electron chi connectivity index (χ0n) is 16.5. The van der Waals surface area contributed by atoms with Crippen LogP contribution in [0.15, 0.2) is 23.3 Å². The molecule has 1 aliphatic rings. The predicted molar refractivity (Wildman–Crippen MR) is 108 cm³/mol. The number of thioether (sulfide) groups is 1. The Balaban J connectivity index is 2.51. The second kappa shape index (κ2) is 9.17. The van der Waals surface area contributed by atoms with Crippen LogP contribution in [0.3, 0.4) is 0 Å². The van der Waals surface area contributed by atoms with Crippen molar-refractivity contribution in [3.8, 4) is 5.75 Å². The van der Waals surface area contributed by atoms with E-state index < -0.39 is 0 Å². The first kappa shape index (κ1) is 20.4. The number of carbonyl (C=O) groups excluding carboxylic acids is 1. The molecule has 0 saturated heterocycles. The molecule has 142 valence electrons. The van der Waals surface area contributed by atoms with Crippen molar-refractivity contribution in [3.05, 3.63) is 45.6 Å². The van der Waals surface area contributed by atoms with E-state index in [0.717, 1.165) is 45.3 Å². The van der Waals surface area contributed by atoms with Gasteiger partial charge in [0.25, 0.3) is 0 Å². The SMILES string of the molecule is C/C=C(/OC(C)C)S/C(=C/CC)c1cc(C)c(C(=O)OC)c2c1OCC2. The van der Waals surface area contributed by atoms with E-state index in [1.165, 1.54) is 7.11 Å². The van der Waals surface area contributed by atoms with E-state index in [-0.39, 0.29) is 12.1 Å². The third-order valence-corrected chi connectivity index (χ3v) is 5.16. The number of ether oxygens (including phenoxy) is 3. The van der Waals surface area contributed by atoms with Gasteiger partial charge >= 0.3 is 5.97 Å². The van der Waals surface area contributed by atoms with Crippen LogP contribution in [-0.2, 0) is 15.9 Å². The number of benzene rings is 1. The van der Waals surface area contributed by atoms with Gasteiger partial charge in [-0.1, -0.05) is 24.8 Å². The molecule has 0 unspecified atom stereocenters. The molecule has 0 amide bonds. The minimum atomic E-state index is -0.304. The number of aryl methyl sites for hydroxylation is 1. The van der Waals surface area contributed by atoms with Crippen LogP contribution in [0.2, 0.25) is 0 Å². The standard InChI is InChI=1S/C21H28O4S/c1-7-9-17(26-18(8-2)25-13(3)4)16-12-14(5)19(21(22)23-6)15-10-11-24-20(15)16/h8-9,12-13H,7,10-11H2,1-6H3/b17-9+,18-8-. The number of fused-ring (bicyclic) bond motifs is 1. The lowest BCUT2D eigenvalue weighted by molar-refractivity contribution is 0.0599. The van der Waals surface area contributed by atoms with Crippen LogP contribution in [0.25, 0.3) is 4.91 Å². The fourth-order valence-electron chi connectivity index (χ4n) is 2.98. The number of esters is 1. The molecule has 0 bridgehead atoms. The smallest absolute Gasteiger partial charge is 0.338 e. The normalized spacial score (nSPS) is 14.3. The van der Waals surface area contributed by atoms with Gasteiger partial charge < -0.3 is 14.2 Å². The summed E-state index contributed by atoms with van der Waals surface area (Å²) in [4.78, 5) is 13.3. The van der Waals surface area contributed by atoms with Crippen molar-refractivity contribution in [1.82, 2.24) is 0 Å². The lowest BCUT2D eigenvalue weighted by atomic mass is 9.96. The monoisotopic (exact) mass is 376 g/mol. The Morgan fingerprint density at radius 2 is 2.15 bits per heavy atom. The molecular weight excluding hydrogens is 348 g/mol. The molecule has 4 nitrogen and oxygen atoms in total. The van der Waals surface area contributed by atoms with Gasteiger partial charge in [-0.15, -0.1) is 0 Å². The van der Waals surface area contributed by atoms with Gasteiger partial charge in [-0.25, -0.2) is 4.79 Å². The van der Waals surface area contributed by atoms with E-state index in [1.807, 2.05) is 39.8 Å². The maximum atomic E-state index is 12.2. The zero-order chi connectivity index (χ0) is 19.3. The van der Waals surface area contributed by atoms with Crippen molar-refractivity contribution in [2.75, 3.05) is 13.7 Å². The average Bonchev–Trinajstić information content (AvgIpc) is 3.08. The van der Waals surface area contributed by atoms with Crippen molar-refractivity contribution < 1.29 is 19.0 Å². The van der Waals surface area contributed by atoms with E-state index in [9.17, 15) is 4.79 Å². The molecule has 0 fully saturated rings. The molecule has 1 aromatic carbocycles. The number of allylic oxidation sites excluding steroid dienone is 2. The summed E-state index contributed by atoms with van der Waals surface area (Å²) in [6.45, 7) is 10.6. The second-order valence-electron chi connectivity index (χ2n) is 6.37. The summed E-state index contributed by atoms with van der Waals surface area (Å²) in [5.41, 5.74) is 3.50. The number of methoxy groups -OCH3 is 1. The quantitative estimate of drug-likeness (QED) is 0.465. The van der Waals surface area contributed by atoms with Crippen molar-refractivity contribution in [2.24, 2.45) is 0 Å². The van der Waals surface area contributed by atoms with Crippen molar-refractivity contribution >= 4 is 22.6 Å². The van der Waals surface area contributed by atoms with Crippen molar-refractivity contribution in [2.45, 2.75) is 53.6 Å². The van der Waals surface area contributed by atoms with Crippen LogP contribution in [0, 0.1) is 6.92 Å². The number of hydrogen-bond donors (Lipinski definition) is 0. The van der Waals surface area contributed by atoms with Gasteiger partial charge in [0.2, 0.25) is 0 Å². The number of hydrogen-bond acceptors (Lipinski definition) is 5. The first-order chi connectivity index (χ1) is 12.4. The Labute approximate surface area is 160 Å². The van der Waals surface area contributed by atoms with E-state index in [2.05, 4.69) is 13.0 Å². The zero-order valence-corrected chi connectivity index (χ0v) is 17.3. The molecule has 0 aliphatic carbocycles. The maximum Gasteiger partial charge on any atom is 0.338 e. The molecule has 0 atom stereocenters. The van der Waals surface area contributed by atoms with E-state index in [1.54, 1.807) is 11.8 Å². The molecule has 26 heavy (non-hydrogen) atoms. The minimum absolute atomic E-state index is 0.113. The third-order valence-electron chi connectivity index (χ3n) is 4.02. The highest BCUT2D eigenvalue weighted by Crippen LogP contribution is 2.44. The predicted octanol–water partition coefficient (Wildman–Crippen LogP) is 5.49. The molecule has 1 heterocycles. The lowest BCUT2D eigenvalue weighted by Gasteiger charge is -2.18. The highest BCUT2D eigenvalue weighted by Gasteiger charge is 2.28. The summed E-state index contributed by atoms with van der Waals surface area (Å²) in [5, 5.41) is 0.862. The average molecular weight is 377 g/mol. The van der Waals surface area contributed by atoms with E-state index in [4.69, 9.17) is 14.2 Å². The van der Waals surface area contributed by atoms with Gasteiger partial charge in [0, 0.05) is 22.5 Å². The van der Waals surface area contributed by atoms with Crippen LogP contribution in [-0.4, -0.2) is 25.8 Å². The Morgan fingerprint density at radius 1 is 1.42 bits per heavy atom. The first-order valence-corrected chi connectivity index (χ1v) is 9.83. The third kappa shape index (κ3) is 4.44. The first-order valence-electron chi connectivity index (χ1n) is 9.01. The summed E-state index contributed by atoms with van der Waals surface area (Å²) in [6, 6.07) is 2.02. The summed E-state index contributed by atoms with van der Waals surface area (Å²) in [6.07, 6.45) is 5.88. The van der Waals surface area contributed by atoms with Gasteiger partial charge in [0.05, 0.1) is 25.4 Å². The second-order valence-corrected chi connectivity index (χ2v) is 7.41. The number of carbonyl (C=O) groups is 1. The lowest BCUT2D eigenvalue weighted by Crippen LogP contribution is -2.08. The van der Waals surface area contributed by atoms with Crippen LogP contribution in [0.4, 0.5) is 0 Å². The molecule has 0 aromatic heterocycles. The van der Waals surface area contributed by atoms with E-state index >= 15 is 0 Å². The Morgan fingerprint density at radius 3 is 2.73 bits per heavy atom. The highest BCUT2D eigenvalue weighted by atomic mass is 32.2. The van der Waals surface area contributed by atoms with Crippen LogP contribution in [0.5, 0.6) is 5.75 Å². The summed E-state index contributed by atoms with van der Waals surface area (Å²) in [5.74, 6) is 0.491. The number of rotatable bonds is 7. The fourth-order valence-corrected chi connectivity index (χ4v) is 4.07. The minimum Gasteiger partial charge on any atom is -0.492 e. The maximum absolute atomic E-state index is 12.2. The van der Waals surface area contributed by atoms with Crippen molar-refractivity contribution in [3.63, 3.8) is 0 Å². The van der Waals surface area contributed by atoms with Gasteiger partial charge in [0.15, 0.2) is 5.09 Å². The molecular formula is C21H28O4S. The van der Waals surface area contributed by atoms with Crippen LogP contribution >= 0.6 is 11.8 Å². The fraction of sp³-hybridized carbons (Fsp3) is 0.476. The van der Waals surface area contributed by atoms with Gasteiger partial charge in [-0.05, 0) is 51.8 Å². The highest BCUT2D eigenvalue weighted by molar-refractivity contribution is 8.11. The molecule has 5 heteroatoms. The molecule has 0 N–H and O–H groups in total. The molecule has 1 aliphatic heterocycles. The van der Waals surface area contributed by atoms with Crippen LogP contribution < -0.4 is 4.74 Å². The van der Waals surface area contributed by atoms with Gasteiger partial charge in [0.1, 0.15) is 5.75 Å². The molecule has 0 radical (unpaired) electrons. The molecule has 1 aromatic rings. The van der Waals surface area contributed by atoms with E-state index in [0.29, 0.717) is 12.2 Å². The summed E-state index contributed by atoms with van der Waals surface area (Å²) < 4.78 is 16.8. The topological polar surface area (TPSA) is 44.8 Å². The Hall–Kier alpha value is -1.88. The summed E-state index contributed by atoms with van der Waals surface area (Å²) >= 11 is 1.59. The Bertz CT molecular complexity index is 732. The largest absolute Gasteiger partial charge is 0.492 e. The van der Waals surface area contributed by atoms with Gasteiger partial charge in [-0.3, -0.25) is 0 Å². The van der Waals surface area contributed by atoms with Crippen molar-refractivity contribution in [1.29, 1.82) is 0 Å².